The predicted molar refractivity (Wildman–Crippen MR) is 76.2 cm³/mol. The summed E-state index contributed by atoms with van der Waals surface area (Å²) in [5, 5.41) is 0. The van der Waals surface area contributed by atoms with Gasteiger partial charge >= 0.3 is 0 Å². The molecule has 0 aliphatic heterocycles. The maximum atomic E-state index is 5.77. The highest BCUT2D eigenvalue weighted by Gasteiger charge is 2.08. The maximum absolute atomic E-state index is 5.77. The molecule has 0 unspecified atom stereocenters. The van der Waals surface area contributed by atoms with Crippen LogP contribution in [0.2, 0.25) is 0 Å². The third kappa shape index (κ3) is 3.35. The Bertz CT molecular complexity index is 517. The van der Waals surface area contributed by atoms with Crippen LogP contribution in [0.4, 0.5) is 0 Å². The first-order valence-electron chi connectivity index (χ1n) is 6.67. The van der Waals surface area contributed by atoms with Gasteiger partial charge in [0.25, 0.3) is 0 Å². The fourth-order valence-corrected chi connectivity index (χ4v) is 2.08. The van der Waals surface area contributed by atoms with Crippen LogP contribution in [0.1, 0.15) is 24.0 Å². The van der Waals surface area contributed by atoms with Gasteiger partial charge in [-0.3, -0.25) is 0 Å². The molecule has 0 bridgehead atoms. The van der Waals surface area contributed by atoms with E-state index in [0.717, 1.165) is 24.5 Å². The minimum atomic E-state index is 0.488. The second-order valence-corrected chi connectivity index (χ2v) is 4.55. The van der Waals surface area contributed by atoms with Crippen molar-refractivity contribution in [2.45, 2.75) is 33.4 Å². The van der Waals surface area contributed by atoms with E-state index >= 15 is 0 Å². The number of nitrogens with two attached hydrogens (primary N) is 1. The van der Waals surface area contributed by atoms with E-state index in [9.17, 15) is 0 Å². The summed E-state index contributed by atoms with van der Waals surface area (Å²) < 4.78 is 7.93. The summed E-state index contributed by atoms with van der Waals surface area (Å²) in [6, 6.07) is 8.05. The van der Waals surface area contributed by atoms with Crippen molar-refractivity contribution in [1.29, 1.82) is 0 Å². The molecule has 1 aromatic carbocycles. The highest BCUT2D eigenvalue weighted by molar-refractivity contribution is 5.26. The largest absolute Gasteiger partial charge is 0.486 e. The van der Waals surface area contributed by atoms with Crippen LogP contribution in [0.25, 0.3) is 0 Å². The average Bonchev–Trinajstić information content (AvgIpc) is 2.81. The summed E-state index contributed by atoms with van der Waals surface area (Å²) in [4.78, 5) is 4.42. The second-order valence-electron chi connectivity index (χ2n) is 4.55. The Hall–Kier alpha value is -1.81. The van der Waals surface area contributed by atoms with E-state index in [1.807, 2.05) is 30.5 Å². The summed E-state index contributed by atoms with van der Waals surface area (Å²) in [5.41, 5.74) is 8.00. The van der Waals surface area contributed by atoms with Gasteiger partial charge in [0.1, 0.15) is 18.2 Å². The molecule has 0 saturated heterocycles. The molecule has 1 heterocycles. The number of benzene rings is 1. The van der Waals surface area contributed by atoms with Crippen LogP contribution in [0.3, 0.4) is 0 Å². The van der Waals surface area contributed by atoms with E-state index < -0.39 is 0 Å². The van der Waals surface area contributed by atoms with Crippen molar-refractivity contribution >= 4 is 0 Å². The van der Waals surface area contributed by atoms with Gasteiger partial charge in [-0.15, -0.1) is 0 Å². The topological polar surface area (TPSA) is 53.1 Å². The highest BCUT2D eigenvalue weighted by Crippen LogP contribution is 2.14. The molecule has 19 heavy (non-hydrogen) atoms. The van der Waals surface area contributed by atoms with Gasteiger partial charge in [-0.1, -0.05) is 17.7 Å². The Labute approximate surface area is 114 Å². The number of aryl methyl sites for hydroxylation is 1. The molecule has 102 valence electrons. The van der Waals surface area contributed by atoms with Crippen molar-refractivity contribution in [1.82, 2.24) is 9.55 Å². The van der Waals surface area contributed by atoms with Crippen molar-refractivity contribution in [3.8, 4) is 5.75 Å². The SMILES string of the molecule is CCn1c(CCN)cnc1COc1ccc(C)cc1. The second kappa shape index (κ2) is 6.38. The van der Waals surface area contributed by atoms with Crippen molar-refractivity contribution in [3.05, 3.63) is 47.5 Å². The molecule has 0 aliphatic rings. The Morgan fingerprint density at radius 2 is 2.00 bits per heavy atom. The fraction of sp³-hybridized carbons (Fsp3) is 0.400. The standard InChI is InChI=1S/C15H21N3O/c1-3-18-13(8-9-16)10-17-15(18)11-19-14-6-4-12(2)5-7-14/h4-7,10H,3,8-9,11,16H2,1-2H3. The van der Waals surface area contributed by atoms with Gasteiger partial charge in [-0.25, -0.2) is 4.98 Å². The van der Waals surface area contributed by atoms with Crippen LogP contribution in [-0.2, 0) is 19.6 Å². The summed E-state index contributed by atoms with van der Waals surface area (Å²) in [6.07, 6.45) is 2.75. The number of ether oxygens (including phenoxy) is 1. The van der Waals surface area contributed by atoms with E-state index in [2.05, 4.69) is 23.4 Å². The van der Waals surface area contributed by atoms with Gasteiger partial charge in [0, 0.05) is 24.9 Å². The average molecular weight is 259 g/mol. The number of imidazole rings is 1. The van der Waals surface area contributed by atoms with E-state index in [1.165, 1.54) is 11.3 Å². The van der Waals surface area contributed by atoms with Gasteiger partial charge < -0.3 is 15.0 Å². The third-order valence-electron chi connectivity index (χ3n) is 3.13. The molecular formula is C15H21N3O. The smallest absolute Gasteiger partial charge is 0.146 e. The molecule has 0 atom stereocenters. The van der Waals surface area contributed by atoms with Crippen molar-refractivity contribution in [3.63, 3.8) is 0 Å². The summed E-state index contributed by atoms with van der Waals surface area (Å²) in [6.45, 7) is 6.19. The van der Waals surface area contributed by atoms with Crippen LogP contribution < -0.4 is 10.5 Å². The molecule has 1 aromatic heterocycles. The summed E-state index contributed by atoms with van der Waals surface area (Å²) in [7, 11) is 0. The van der Waals surface area contributed by atoms with Crippen LogP contribution >= 0.6 is 0 Å². The zero-order valence-electron chi connectivity index (χ0n) is 11.6. The lowest BCUT2D eigenvalue weighted by Gasteiger charge is -2.10. The van der Waals surface area contributed by atoms with Crippen LogP contribution in [0, 0.1) is 6.92 Å². The monoisotopic (exact) mass is 259 g/mol. The Balaban J connectivity index is 2.04. The van der Waals surface area contributed by atoms with Gasteiger partial charge in [-0.05, 0) is 32.5 Å². The molecule has 2 aromatic rings. The lowest BCUT2D eigenvalue weighted by Crippen LogP contribution is -2.12. The van der Waals surface area contributed by atoms with E-state index in [4.69, 9.17) is 10.5 Å². The number of hydrogen-bond acceptors (Lipinski definition) is 3. The van der Waals surface area contributed by atoms with Crippen molar-refractivity contribution in [2.24, 2.45) is 5.73 Å². The molecule has 0 radical (unpaired) electrons. The Morgan fingerprint density at radius 1 is 1.26 bits per heavy atom. The van der Waals surface area contributed by atoms with Crippen LogP contribution in [-0.4, -0.2) is 16.1 Å². The maximum Gasteiger partial charge on any atom is 0.146 e. The van der Waals surface area contributed by atoms with Crippen LogP contribution in [0.15, 0.2) is 30.5 Å². The first-order valence-corrected chi connectivity index (χ1v) is 6.67. The first kappa shape index (κ1) is 13.6. The van der Waals surface area contributed by atoms with Crippen molar-refractivity contribution in [2.75, 3.05) is 6.54 Å². The molecule has 4 heteroatoms. The van der Waals surface area contributed by atoms with Crippen LogP contribution in [0.5, 0.6) is 5.75 Å². The zero-order valence-corrected chi connectivity index (χ0v) is 11.6. The highest BCUT2D eigenvalue weighted by atomic mass is 16.5. The number of aromatic nitrogens is 2. The minimum absolute atomic E-state index is 0.488. The molecule has 0 amide bonds. The lowest BCUT2D eigenvalue weighted by molar-refractivity contribution is 0.289. The zero-order chi connectivity index (χ0) is 13.7. The number of nitrogens with zero attached hydrogens (tertiary/aromatic N) is 2. The Kier molecular flexibility index (Phi) is 4.58. The van der Waals surface area contributed by atoms with E-state index in [0.29, 0.717) is 13.2 Å². The molecular weight excluding hydrogens is 238 g/mol. The Morgan fingerprint density at radius 3 is 2.63 bits per heavy atom. The normalized spacial score (nSPS) is 10.7. The quantitative estimate of drug-likeness (QED) is 0.866. The van der Waals surface area contributed by atoms with E-state index in [-0.39, 0.29) is 0 Å². The molecule has 0 saturated carbocycles. The predicted octanol–water partition coefficient (Wildman–Crippen LogP) is 2.29. The van der Waals surface area contributed by atoms with Gasteiger partial charge in [0.2, 0.25) is 0 Å². The van der Waals surface area contributed by atoms with E-state index in [1.54, 1.807) is 0 Å². The third-order valence-corrected chi connectivity index (χ3v) is 3.13. The van der Waals surface area contributed by atoms with Gasteiger partial charge in [0.15, 0.2) is 0 Å². The summed E-state index contributed by atoms with van der Waals surface area (Å²) in [5.74, 6) is 1.82. The van der Waals surface area contributed by atoms with Gasteiger partial charge in [-0.2, -0.15) is 0 Å². The summed E-state index contributed by atoms with van der Waals surface area (Å²) >= 11 is 0. The van der Waals surface area contributed by atoms with Crippen molar-refractivity contribution < 1.29 is 4.74 Å². The lowest BCUT2D eigenvalue weighted by atomic mass is 10.2. The first-order chi connectivity index (χ1) is 9.24. The number of rotatable bonds is 6. The number of hydrogen-bond donors (Lipinski definition) is 1. The molecule has 2 rings (SSSR count). The van der Waals surface area contributed by atoms with Gasteiger partial charge in [0.05, 0.1) is 0 Å². The molecule has 4 nitrogen and oxygen atoms in total. The molecule has 0 fully saturated rings. The minimum Gasteiger partial charge on any atom is -0.486 e. The molecule has 0 spiro atoms. The molecule has 2 N–H and O–H groups in total. The fourth-order valence-electron chi connectivity index (χ4n) is 2.08. The molecule has 0 aliphatic carbocycles.